The van der Waals surface area contributed by atoms with Crippen molar-refractivity contribution in [3.63, 3.8) is 0 Å². The van der Waals surface area contributed by atoms with Crippen molar-refractivity contribution < 1.29 is 9.18 Å². The van der Waals surface area contributed by atoms with Crippen LogP contribution in [0.3, 0.4) is 0 Å². The minimum Gasteiger partial charge on any atom is -0.336 e. The first-order valence-corrected chi connectivity index (χ1v) is 6.85. The molecular weight excluding hydrogens is 245 g/mol. The summed E-state index contributed by atoms with van der Waals surface area (Å²) in [6, 6.07) is 2.78. The molecule has 1 aliphatic carbocycles. The van der Waals surface area contributed by atoms with Crippen LogP contribution in [0, 0.1) is 11.9 Å². The van der Waals surface area contributed by atoms with Crippen LogP contribution in [0.2, 0.25) is 0 Å². The van der Waals surface area contributed by atoms with Crippen LogP contribution in [0.1, 0.15) is 23.2 Å². The number of aromatic nitrogens is 1. The molecule has 5 heteroatoms. The van der Waals surface area contributed by atoms with Crippen LogP contribution >= 0.6 is 0 Å². The molecule has 1 aromatic heterocycles. The van der Waals surface area contributed by atoms with Gasteiger partial charge >= 0.3 is 0 Å². The SMILES string of the molecule is O=C(c1ccnc(F)c1)N1CCN(CC2CC2)CC1. The van der Waals surface area contributed by atoms with Gasteiger partial charge in [-0.05, 0) is 24.8 Å². The Hall–Kier alpha value is -1.49. The van der Waals surface area contributed by atoms with E-state index in [0.29, 0.717) is 5.56 Å². The Morgan fingerprint density at radius 3 is 2.68 bits per heavy atom. The largest absolute Gasteiger partial charge is 0.336 e. The maximum absolute atomic E-state index is 13.0. The van der Waals surface area contributed by atoms with Crippen molar-refractivity contribution in [1.29, 1.82) is 0 Å². The van der Waals surface area contributed by atoms with Crippen LogP contribution in [0.15, 0.2) is 18.3 Å². The maximum atomic E-state index is 13.0. The topological polar surface area (TPSA) is 36.4 Å². The summed E-state index contributed by atoms with van der Waals surface area (Å²) in [5, 5.41) is 0. The summed E-state index contributed by atoms with van der Waals surface area (Å²) in [7, 11) is 0. The van der Waals surface area contributed by atoms with E-state index in [1.165, 1.54) is 31.6 Å². The van der Waals surface area contributed by atoms with Gasteiger partial charge in [-0.15, -0.1) is 0 Å². The number of hydrogen-bond donors (Lipinski definition) is 0. The smallest absolute Gasteiger partial charge is 0.254 e. The lowest BCUT2D eigenvalue weighted by Crippen LogP contribution is -2.49. The molecule has 2 fully saturated rings. The second-order valence-corrected chi connectivity index (χ2v) is 5.40. The van der Waals surface area contributed by atoms with E-state index in [4.69, 9.17) is 0 Å². The molecule has 0 N–H and O–H groups in total. The predicted molar refractivity (Wildman–Crippen MR) is 69.3 cm³/mol. The molecular formula is C14H18FN3O. The molecule has 0 spiro atoms. The van der Waals surface area contributed by atoms with Crippen LogP contribution < -0.4 is 0 Å². The second kappa shape index (κ2) is 5.25. The van der Waals surface area contributed by atoms with Crippen molar-refractivity contribution in [2.75, 3.05) is 32.7 Å². The van der Waals surface area contributed by atoms with Gasteiger partial charge in [0, 0.05) is 50.6 Å². The Morgan fingerprint density at radius 2 is 2.05 bits per heavy atom. The summed E-state index contributed by atoms with van der Waals surface area (Å²) in [4.78, 5) is 19.9. The minimum absolute atomic E-state index is 0.0904. The Kier molecular flexibility index (Phi) is 3.46. The molecule has 102 valence electrons. The van der Waals surface area contributed by atoms with E-state index in [-0.39, 0.29) is 5.91 Å². The molecule has 3 rings (SSSR count). The molecule has 1 aliphatic heterocycles. The van der Waals surface area contributed by atoms with E-state index < -0.39 is 5.95 Å². The van der Waals surface area contributed by atoms with Gasteiger partial charge in [-0.3, -0.25) is 9.69 Å². The first kappa shape index (κ1) is 12.5. The molecule has 1 saturated carbocycles. The zero-order valence-electron chi connectivity index (χ0n) is 10.9. The minimum atomic E-state index is -0.599. The third-order valence-electron chi connectivity index (χ3n) is 3.85. The normalized spacial score (nSPS) is 20.6. The average Bonchev–Trinajstić information content (AvgIpc) is 3.23. The number of piperazine rings is 1. The number of carbonyl (C=O) groups excluding carboxylic acids is 1. The fourth-order valence-corrected chi connectivity index (χ4v) is 2.52. The quantitative estimate of drug-likeness (QED) is 0.773. The van der Waals surface area contributed by atoms with Gasteiger partial charge in [0.05, 0.1) is 0 Å². The lowest BCUT2D eigenvalue weighted by Gasteiger charge is -2.34. The Morgan fingerprint density at radius 1 is 1.32 bits per heavy atom. The fourth-order valence-electron chi connectivity index (χ4n) is 2.52. The Balaban J connectivity index is 1.56. The van der Waals surface area contributed by atoms with E-state index in [9.17, 15) is 9.18 Å². The highest BCUT2D eigenvalue weighted by molar-refractivity contribution is 5.94. The number of nitrogens with zero attached hydrogens (tertiary/aromatic N) is 3. The monoisotopic (exact) mass is 263 g/mol. The molecule has 0 radical (unpaired) electrons. The van der Waals surface area contributed by atoms with Crippen molar-refractivity contribution in [2.45, 2.75) is 12.8 Å². The highest BCUT2D eigenvalue weighted by Crippen LogP contribution is 2.29. The number of halogens is 1. The van der Waals surface area contributed by atoms with E-state index in [0.717, 1.165) is 32.1 Å². The molecule has 0 unspecified atom stereocenters. The van der Waals surface area contributed by atoms with Crippen LogP contribution in [0.4, 0.5) is 4.39 Å². The van der Waals surface area contributed by atoms with Crippen molar-refractivity contribution in [1.82, 2.24) is 14.8 Å². The summed E-state index contributed by atoms with van der Waals surface area (Å²) in [6.07, 6.45) is 4.05. The average molecular weight is 263 g/mol. The van der Waals surface area contributed by atoms with Crippen LogP contribution in [0.25, 0.3) is 0 Å². The molecule has 19 heavy (non-hydrogen) atoms. The highest BCUT2D eigenvalue weighted by Gasteiger charge is 2.27. The third-order valence-corrected chi connectivity index (χ3v) is 3.85. The van der Waals surface area contributed by atoms with Gasteiger partial charge in [-0.1, -0.05) is 0 Å². The van der Waals surface area contributed by atoms with E-state index in [1.54, 1.807) is 11.0 Å². The van der Waals surface area contributed by atoms with Gasteiger partial charge in [0.1, 0.15) is 0 Å². The van der Waals surface area contributed by atoms with Crippen molar-refractivity contribution in [3.05, 3.63) is 29.8 Å². The summed E-state index contributed by atoms with van der Waals surface area (Å²) in [5.74, 6) is 0.196. The number of amides is 1. The highest BCUT2D eigenvalue weighted by atomic mass is 19.1. The molecule has 1 saturated heterocycles. The molecule has 0 atom stereocenters. The van der Waals surface area contributed by atoms with Gasteiger partial charge in [0.25, 0.3) is 5.91 Å². The Labute approximate surface area is 112 Å². The number of carbonyl (C=O) groups is 1. The number of rotatable bonds is 3. The van der Waals surface area contributed by atoms with Gasteiger partial charge in [0.2, 0.25) is 5.95 Å². The fraction of sp³-hybridized carbons (Fsp3) is 0.571. The zero-order chi connectivity index (χ0) is 13.2. The second-order valence-electron chi connectivity index (χ2n) is 5.40. The van der Waals surface area contributed by atoms with Crippen molar-refractivity contribution in [2.24, 2.45) is 5.92 Å². The zero-order valence-corrected chi connectivity index (χ0v) is 10.9. The summed E-state index contributed by atoms with van der Waals surface area (Å²) < 4.78 is 13.0. The lowest BCUT2D eigenvalue weighted by molar-refractivity contribution is 0.0631. The first-order valence-electron chi connectivity index (χ1n) is 6.85. The van der Waals surface area contributed by atoms with Crippen LogP contribution in [-0.2, 0) is 0 Å². The van der Waals surface area contributed by atoms with Crippen molar-refractivity contribution in [3.8, 4) is 0 Å². The third kappa shape index (κ3) is 3.10. The summed E-state index contributed by atoms with van der Waals surface area (Å²) >= 11 is 0. The maximum Gasteiger partial charge on any atom is 0.254 e. The first-order chi connectivity index (χ1) is 9.22. The summed E-state index contributed by atoms with van der Waals surface area (Å²) in [6.45, 7) is 4.49. The molecule has 1 amide bonds. The van der Waals surface area contributed by atoms with Gasteiger partial charge in [-0.2, -0.15) is 4.39 Å². The molecule has 4 nitrogen and oxygen atoms in total. The molecule has 0 aromatic carbocycles. The number of pyridine rings is 1. The van der Waals surface area contributed by atoms with E-state index >= 15 is 0 Å². The summed E-state index contributed by atoms with van der Waals surface area (Å²) in [5.41, 5.74) is 0.392. The predicted octanol–water partition coefficient (Wildman–Crippen LogP) is 1.39. The van der Waals surface area contributed by atoms with Gasteiger partial charge in [0.15, 0.2) is 0 Å². The van der Waals surface area contributed by atoms with Gasteiger partial charge in [-0.25, -0.2) is 4.98 Å². The molecule has 2 heterocycles. The van der Waals surface area contributed by atoms with Crippen molar-refractivity contribution >= 4 is 5.91 Å². The van der Waals surface area contributed by atoms with Gasteiger partial charge < -0.3 is 4.90 Å². The van der Waals surface area contributed by atoms with E-state index in [1.807, 2.05) is 0 Å². The van der Waals surface area contributed by atoms with Crippen LogP contribution in [0.5, 0.6) is 0 Å². The lowest BCUT2D eigenvalue weighted by atomic mass is 10.2. The van der Waals surface area contributed by atoms with E-state index in [2.05, 4.69) is 9.88 Å². The number of hydrogen-bond acceptors (Lipinski definition) is 3. The Bertz CT molecular complexity index is 468. The standard InChI is InChI=1S/C14H18FN3O/c15-13-9-12(3-4-16-13)14(19)18-7-5-17(6-8-18)10-11-1-2-11/h3-4,9,11H,1-2,5-8,10H2. The molecule has 0 bridgehead atoms. The van der Waals surface area contributed by atoms with Crippen LogP contribution in [-0.4, -0.2) is 53.4 Å². The molecule has 1 aromatic rings. The molecule has 2 aliphatic rings.